The lowest BCUT2D eigenvalue weighted by Crippen LogP contribution is -2.03. The zero-order chi connectivity index (χ0) is 12.1. The van der Waals surface area contributed by atoms with Crippen molar-refractivity contribution in [1.29, 1.82) is 5.26 Å². The van der Waals surface area contributed by atoms with Crippen LogP contribution in [-0.4, -0.2) is 9.97 Å². The van der Waals surface area contributed by atoms with Crippen LogP contribution in [0.5, 0.6) is 0 Å². The summed E-state index contributed by atoms with van der Waals surface area (Å²) in [6, 6.07) is 7.75. The molecule has 4 nitrogen and oxygen atoms in total. The van der Waals surface area contributed by atoms with E-state index in [-0.39, 0.29) is 5.56 Å². The predicted molar refractivity (Wildman–Crippen MR) is 60.5 cm³/mol. The quantitative estimate of drug-likeness (QED) is 0.873. The molecule has 0 radical (unpaired) electrons. The first-order valence-electron chi connectivity index (χ1n) is 4.98. The molecule has 2 aromatic rings. The standard InChI is InChI=1S/C12H9FN4/c13-10-1-2-12(9(5-10)6-14)16-7-11-3-4-15-8-17-11/h1-5,8,16H,7H2. The minimum Gasteiger partial charge on any atom is -0.378 e. The maximum absolute atomic E-state index is 12.9. The van der Waals surface area contributed by atoms with E-state index >= 15 is 0 Å². The van der Waals surface area contributed by atoms with Gasteiger partial charge in [0, 0.05) is 6.20 Å². The Kier molecular flexibility index (Phi) is 3.26. The van der Waals surface area contributed by atoms with Crippen molar-refractivity contribution in [2.45, 2.75) is 6.54 Å². The van der Waals surface area contributed by atoms with Gasteiger partial charge in [0.1, 0.15) is 18.2 Å². The summed E-state index contributed by atoms with van der Waals surface area (Å²) in [5.41, 5.74) is 1.67. The van der Waals surface area contributed by atoms with Gasteiger partial charge in [-0.05, 0) is 24.3 Å². The number of rotatable bonds is 3. The van der Waals surface area contributed by atoms with Crippen LogP contribution in [0.25, 0.3) is 0 Å². The van der Waals surface area contributed by atoms with Crippen LogP contribution in [0.4, 0.5) is 10.1 Å². The van der Waals surface area contributed by atoms with Crippen molar-refractivity contribution >= 4 is 5.69 Å². The number of hydrogen-bond acceptors (Lipinski definition) is 4. The summed E-state index contributed by atoms with van der Waals surface area (Å²) in [5.74, 6) is -0.422. The van der Waals surface area contributed by atoms with E-state index in [1.165, 1.54) is 24.5 Å². The van der Waals surface area contributed by atoms with Gasteiger partial charge in [-0.3, -0.25) is 0 Å². The molecule has 1 aromatic heterocycles. The smallest absolute Gasteiger partial charge is 0.124 e. The van der Waals surface area contributed by atoms with Crippen LogP contribution in [0.15, 0.2) is 36.8 Å². The van der Waals surface area contributed by atoms with Gasteiger partial charge in [-0.1, -0.05) is 0 Å². The monoisotopic (exact) mass is 228 g/mol. The molecule has 0 amide bonds. The molecule has 0 bridgehead atoms. The largest absolute Gasteiger partial charge is 0.378 e. The summed E-state index contributed by atoms with van der Waals surface area (Å²) < 4.78 is 12.9. The first-order chi connectivity index (χ1) is 8.29. The fourth-order valence-corrected chi connectivity index (χ4v) is 1.37. The minimum absolute atomic E-state index is 0.277. The van der Waals surface area contributed by atoms with Crippen molar-refractivity contribution in [3.8, 4) is 6.07 Å². The second-order valence-corrected chi connectivity index (χ2v) is 3.36. The van der Waals surface area contributed by atoms with Crippen LogP contribution in [0.3, 0.4) is 0 Å². The highest BCUT2D eigenvalue weighted by atomic mass is 19.1. The summed E-state index contributed by atoms with van der Waals surface area (Å²) in [6.45, 7) is 0.461. The molecular weight excluding hydrogens is 219 g/mol. The van der Waals surface area contributed by atoms with Crippen molar-refractivity contribution in [2.75, 3.05) is 5.32 Å². The highest BCUT2D eigenvalue weighted by Crippen LogP contribution is 2.16. The lowest BCUT2D eigenvalue weighted by molar-refractivity contribution is 0.627. The molecule has 84 valence electrons. The zero-order valence-corrected chi connectivity index (χ0v) is 8.89. The molecule has 0 aliphatic rings. The van der Waals surface area contributed by atoms with E-state index in [2.05, 4.69) is 15.3 Å². The highest BCUT2D eigenvalue weighted by molar-refractivity contribution is 5.57. The molecule has 17 heavy (non-hydrogen) atoms. The van der Waals surface area contributed by atoms with Gasteiger partial charge in [-0.15, -0.1) is 0 Å². The number of nitriles is 1. The number of nitrogens with one attached hydrogen (secondary N) is 1. The summed E-state index contributed by atoms with van der Waals surface area (Å²) >= 11 is 0. The Bertz CT molecular complexity index is 548. The van der Waals surface area contributed by atoms with Gasteiger partial charge < -0.3 is 5.32 Å². The zero-order valence-electron chi connectivity index (χ0n) is 8.89. The average Bonchev–Trinajstić information content (AvgIpc) is 2.38. The van der Waals surface area contributed by atoms with E-state index in [0.29, 0.717) is 12.2 Å². The van der Waals surface area contributed by atoms with Crippen molar-refractivity contribution in [2.24, 2.45) is 0 Å². The van der Waals surface area contributed by atoms with Gasteiger partial charge in [-0.2, -0.15) is 5.26 Å². The molecule has 0 aliphatic carbocycles. The molecule has 1 aromatic carbocycles. The number of nitrogens with zero attached hydrogens (tertiary/aromatic N) is 3. The molecule has 0 aliphatic heterocycles. The van der Waals surface area contributed by atoms with Gasteiger partial charge in [-0.25, -0.2) is 14.4 Å². The van der Waals surface area contributed by atoms with Crippen LogP contribution in [0.2, 0.25) is 0 Å². The Morgan fingerprint density at radius 3 is 2.94 bits per heavy atom. The molecule has 1 N–H and O–H groups in total. The molecule has 5 heteroatoms. The van der Waals surface area contributed by atoms with Crippen LogP contribution in [0, 0.1) is 17.1 Å². The number of benzene rings is 1. The summed E-state index contributed by atoms with van der Waals surface area (Å²) in [7, 11) is 0. The van der Waals surface area contributed by atoms with E-state index in [1.54, 1.807) is 12.3 Å². The lowest BCUT2D eigenvalue weighted by Gasteiger charge is -2.07. The summed E-state index contributed by atoms with van der Waals surface area (Å²) in [5, 5.41) is 11.9. The van der Waals surface area contributed by atoms with Gasteiger partial charge in [0.2, 0.25) is 0 Å². The highest BCUT2D eigenvalue weighted by Gasteiger charge is 2.03. The third-order valence-electron chi connectivity index (χ3n) is 2.21. The molecule has 2 rings (SSSR count). The van der Waals surface area contributed by atoms with E-state index in [0.717, 1.165) is 5.69 Å². The van der Waals surface area contributed by atoms with E-state index in [4.69, 9.17) is 5.26 Å². The third-order valence-corrected chi connectivity index (χ3v) is 2.21. The molecule has 0 spiro atoms. The minimum atomic E-state index is -0.422. The molecule has 0 atom stereocenters. The molecule has 0 fully saturated rings. The molecule has 1 heterocycles. The second-order valence-electron chi connectivity index (χ2n) is 3.36. The molecule has 0 unspecified atom stereocenters. The second kappa shape index (κ2) is 5.03. The maximum atomic E-state index is 12.9. The fraction of sp³-hybridized carbons (Fsp3) is 0.0833. The van der Waals surface area contributed by atoms with Crippen molar-refractivity contribution < 1.29 is 4.39 Å². The summed E-state index contributed by atoms with van der Waals surface area (Å²) in [4.78, 5) is 7.84. The van der Waals surface area contributed by atoms with Crippen LogP contribution in [0.1, 0.15) is 11.3 Å². The summed E-state index contributed by atoms with van der Waals surface area (Å²) in [6.07, 6.45) is 3.09. The van der Waals surface area contributed by atoms with Gasteiger partial charge in [0.25, 0.3) is 0 Å². The van der Waals surface area contributed by atoms with E-state index < -0.39 is 5.82 Å². The number of anilines is 1. The first-order valence-corrected chi connectivity index (χ1v) is 4.98. The lowest BCUT2D eigenvalue weighted by atomic mass is 10.2. The van der Waals surface area contributed by atoms with E-state index in [9.17, 15) is 4.39 Å². The van der Waals surface area contributed by atoms with Crippen LogP contribution in [-0.2, 0) is 6.54 Å². The molecule has 0 saturated carbocycles. The van der Waals surface area contributed by atoms with Crippen molar-refractivity contribution in [3.63, 3.8) is 0 Å². The SMILES string of the molecule is N#Cc1cc(F)ccc1NCc1ccncn1. The van der Waals surface area contributed by atoms with Gasteiger partial charge >= 0.3 is 0 Å². The average molecular weight is 228 g/mol. The molecule has 0 saturated heterocycles. The van der Waals surface area contributed by atoms with Crippen molar-refractivity contribution in [3.05, 3.63) is 53.9 Å². The van der Waals surface area contributed by atoms with Gasteiger partial charge in [0.15, 0.2) is 0 Å². The van der Waals surface area contributed by atoms with E-state index in [1.807, 2.05) is 6.07 Å². The van der Waals surface area contributed by atoms with Crippen molar-refractivity contribution in [1.82, 2.24) is 9.97 Å². The third kappa shape index (κ3) is 2.75. The topological polar surface area (TPSA) is 61.6 Å². The maximum Gasteiger partial charge on any atom is 0.124 e. The number of halogens is 1. The fourth-order valence-electron chi connectivity index (χ4n) is 1.37. The predicted octanol–water partition coefficient (Wildman–Crippen LogP) is 2.10. The number of aromatic nitrogens is 2. The Morgan fingerprint density at radius 2 is 2.24 bits per heavy atom. The van der Waals surface area contributed by atoms with Crippen LogP contribution >= 0.6 is 0 Å². The Morgan fingerprint density at radius 1 is 1.35 bits per heavy atom. The number of hydrogen-bond donors (Lipinski definition) is 1. The Labute approximate surface area is 97.8 Å². The van der Waals surface area contributed by atoms with Gasteiger partial charge in [0.05, 0.1) is 23.5 Å². The van der Waals surface area contributed by atoms with Crippen LogP contribution < -0.4 is 5.32 Å². The normalized spacial score (nSPS) is 9.65. The first kappa shape index (κ1) is 11.0. The Hall–Kier alpha value is -2.48. The Balaban J connectivity index is 2.12. The molecular formula is C12H9FN4.